The van der Waals surface area contributed by atoms with Gasteiger partial charge in [-0.25, -0.2) is 4.98 Å². The first-order chi connectivity index (χ1) is 14.7. The van der Waals surface area contributed by atoms with Gasteiger partial charge in [-0.1, -0.05) is 6.07 Å². The molecular formula is C24H29N3O3S. The SMILES string of the molecule is Cc1nc2ccc(Nc3cc(CCC(=O)O)ccc3N3CCCC3C(C)(C)O)cc2s1. The number of aromatic nitrogens is 1. The van der Waals surface area contributed by atoms with Crippen molar-refractivity contribution in [2.45, 2.75) is 58.1 Å². The number of nitrogens with one attached hydrogen (secondary N) is 1. The van der Waals surface area contributed by atoms with Gasteiger partial charge in [0.15, 0.2) is 0 Å². The Morgan fingerprint density at radius 2 is 2.10 bits per heavy atom. The summed E-state index contributed by atoms with van der Waals surface area (Å²) in [7, 11) is 0. The number of carboxylic acid groups (broad SMARTS) is 1. The Hall–Kier alpha value is -2.64. The second-order valence-corrected chi connectivity index (χ2v) is 10.0. The van der Waals surface area contributed by atoms with Gasteiger partial charge < -0.3 is 20.4 Å². The molecule has 0 radical (unpaired) electrons. The molecule has 0 aliphatic carbocycles. The molecule has 1 saturated heterocycles. The van der Waals surface area contributed by atoms with Crippen LogP contribution in [-0.2, 0) is 11.2 Å². The lowest BCUT2D eigenvalue weighted by molar-refractivity contribution is -0.136. The van der Waals surface area contributed by atoms with Gasteiger partial charge in [0.05, 0.1) is 38.2 Å². The van der Waals surface area contributed by atoms with Gasteiger partial charge in [-0.2, -0.15) is 0 Å². The van der Waals surface area contributed by atoms with Crippen LogP contribution in [0.1, 0.15) is 43.7 Å². The van der Waals surface area contributed by atoms with Crippen molar-refractivity contribution in [1.82, 2.24) is 4.98 Å². The summed E-state index contributed by atoms with van der Waals surface area (Å²) in [6, 6.07) is 12.3. The van der Waals surface area contributed by atoms with E-state index in [-0.39, 0.29) is 12.5 Å². The minimum absolute atomic E-state index is 0.0320. The van der Waals surface area contributed by atoms with Gasteiger partial charge in [0.1, 0.15) is 0 Å². The summed E-state index contributed by atoms with van der Waals surface area (Å²) >= 11 is 1.66. The van der Waals surface area contributed by atoms with E-state index >= 15 is 0 Å². The van der Waals surface area contributed by atoms with Crippen molar-refractivity contribution in [3.05, 3.63) is 47.0 Å². The maximum Gasteiger partial charge on any atom is 0.303 e. The molecule has 164 valence electrons. The molecule has 2 aromatic carbocycles. The Kier molecular flexibility index (Phi) is 5.90. The topological polar surface area (TPSA) is 85.7 Å². The first-order valence-corrected chi connectivity index (χ1v) is 11.5. The maximum atomic E-state index is 11.0. The number of fused-ring (bicyclic) bond motifs is 1. The third kappa shape index (κ3) is 4.83. The molecule has 1 atom stereocenters. The summed E-state index contributed by atoms with van der Waals surface area (Å²) in [5.41, 5.74) is 4.08. The number of thiazole rings is 1. The Balaban J connectivity index is 1.71. The molecule has 0 amide bonds. The molecule has 6 nitrogen and oxygen atoms in total. The highest BCUT2D eigenvalue weighted by Gasteiger charge is 2.36. The van der Waals surface area contributed by atoms with Gasteiger partial charge in [-0.05, 0) is 75.9 Å². The first kappa shape index (κ1) is 21.6. The quantitative estimate of drug-likeness (QED) is 0.475. The first-order valence-electron chi connectivity index (χ1n) is 10.7. The molecule has 1 aliphatic rings. The fraction of sp³-hybridized carbons (Fsp3) is 0.417. The van der Waals surface area contributed by atoms with Crippen LogP contribution in [0.4, 0.5) is 17.1 Å². The molecule has 2 heterocycles. The molecular weight excluding hydrogens is 410 g/mol. The summed E-state index contributed by atoms with van der Waals surface area (Å²) in [5.74, 6) is -0.800. The van der Waals surface area contributed by atoms with E-state index < -0.39 is 11.6 Å². The van der Waals surface area contributed by atoms with E-state index in [1.54, 1.807) is 11.3 Å². The van der Waals surface area contributed by atoms with Crippen LogP contribution in [0.3, 0.4) is 0 Å². The standard InChI is InChI=1S/C24H29N3O3S/c1-15-25-18-9-8-17(14-21(18)31-15)26-19-13-16(7-11-23(28)29)6-10-20(19)27-12-4-5-22(27)24(2,3)30/h6,8-10,13-14,22,26,30H,4-5,7,11-12H2,1-3H3,(H,28,29). The van der Waals surface area contributed by atoms with Crippen molar-refractivity contribution >= 4 is 44.6 Å². The maximum absolute atomic E-state index is 11.0. The summed E-state index contributed by atoms with van der Waals surface area (Å²) in [6.45, 7) is 6.62. The van der Waals surface area contributed by atoms with E-state index in [1.807, 2.05) is 45.0 Å². The van der Waals surface area contributed by atoms with Crippen LogP contribution in [0, 0.1) is 6.92 Å². The largest absolute Gasteiger partial charge is 0.481 e. The fourth-order valence-electron chi connectivity index (χ4n) is 4.40. The summed E-state index contributed by atoms with van der Waals surface area (Å²) in [5, 5.41) is 24.4. The molecule has 0 spiro atoms. The van der Waals surface area contributed by atoms with Gasteiger partial charge in [0.2, 0.25) is 0 Å². The molecule has 3 aromatic rings. The lowest BCUT2D eigenvalue weighted by Gasteiger charge is -2.36. The number of hydrogen-bond donors (Lipinski definition) is 3. The van der Waals surface area contributed by atoms with Gasteiger partial charge in [-0.3, -0.25) is 4.79 Å². The van der Waals surface area contributed by atoms with Crippen LogP contribution < -0.4 is 10.2 Å². The number of carbonyl (C=O) groups is 1. The molecule has 4 rings (SSSR count). The molecule has 31 heavy (non-hydrogen) atoms. The van der Waals surface area contributed by atoms with E-state index in [0.717, 1.165) is 57.2 Å². The Morgan fingerprint density at radius 3 is 2.84 bits per heavy atom. The zero-order chi connectivity index (χ0) is 22.2. The number of anilines is 3. The zero-order valence-corrected chi connectivity index (χ0v) is 19.0. The normalized spacial score (nSPS) is 16.8. The number of rotatable bonds is 7. The number of hydrogen-bond acceptors (Lipinski definition) is 6. The predicted octanol–water partition coefficient (Wildman–Crippen LogP) is 5.11. The highest BCUT2D eigenvalue weighted by atomic mass is 32.1. The predicted molar refractivity (Wildman–Crippen MR) is 127 cm³/mol. The second kappa shape index (κ2) is 8.48. The smallest absolute Gasteiger partial charge is 0.303 e. The minimum Gasteiger partial charge on any atom is -0.481 e. The van der Waals surface area contributed by atoms with Crippen molar-refractivity contribution < 1.29 is 15.0 Å². The van der Waals surface area contributed by atoms with Crippen molar-refractivity contribution in [2.75, 3.05) is 16.8 Å². The van der Waals surface area contributed by atoms with Crippen LogP contribution in [0.2, 0.25) is 0 Å². The van der Waals surface area contributed by atoms with Gasteiger partial charge in [0.25, 0.3) is 0 Å². The van der Waals surface area contributed by atoms with Gasteiger partial charge in [-0.15, -0.1) is 11.3 Å². The van der Waals surface area contributed by atoms with E-state index in [9.17, 15) is 9.90 Å². The lowest BCUT2D eigenvalue weighted by atomic mass is 9.96. The van der Waals surface area contributed by atoms with E-state index in [4.69, 9.17) is 5.11 Å². The van der Waals surface area contributed by atoms with E-state index in [0.29, 0.717) is 6.42 Å². The highest BCUT2D eigenvalue weighted by Crippen LogP contribution is 2.38. The second-order valence-electron chi connectivity index (χ2n) is 8.79. The molecule has 3 N–H and O–H groups in total. The fourth-order valence-corrected chi connectivity index (χ4v) is 5.27. The van der Waals surface area contributed by atoms with Crippen LogP contribution in [0.25, 0.3) is 10.2 Å². The van der Waals surface area contributed by atoms with Crippen molar-refractivity contribution in [1.29, 1.82) is 0 Å². The minimum atomic E-state index is -0.811. The monoisotopic (exact) mass is 439 g/mol. The number of nitrogens with zero attached hydrogens (tertiary/aromatic N) is 2. The average Bonchev–Trinajstić information content (AvgIpc) is 3.32. The van der Waals surface area contributed by atoms with Crippen molar-refractivity contribution in [3.63, 3.8) is 0 Å². The molecule has 0 bridgehead atoms. The number of aliphatic hydroxyl groups is 1. The van der Waals surface area contributed by atoms with E-state index in [2.05, 4.69) is 27.3 Å². The van der Waals surface area contributed by atoms with E-state index in [1.165, 1.54) is 0 Å². The number of benzene rings is 2. The van der Waals surface area contributed by atoms with Crippen LogP contribution in [0.5, 0.6) is 0 Å². The Labute approximate surface area is 186 Å². The number of aryl methyl sites for hydroxylation is 2. The summed E-state index contributed by atoms with van der Waals surface area (Å²) in [6.07, 6.45) is 2.55. The molecule has 1 fully saturated rings. The Morgan fingerprint density at radius 1 is 1.29 bits per heavy atom. The Bertz CT molecular complexity index is 1100. The molecule has 1 aromatic heterocycles. The van der Waals surface area contributed by atoms with Crippen molar-refractivity contribution in [2.24, 2.45) is 0 Å². The summed E-state index contributed by atoms with van der Waals surface area (Å²) < 4.78 is 1.13. The molecule has 1 aliphatic heterocycles. The molecule has 7 heteroatoms. The van der Waals surface area contributed by atoms with Gasteiger partial charge >= 0.3 is 5.97 Å². The number of aliphatic carboxylic acids is 1. The number of carboxylic acids is 1. The molecule has 1 unspecified atom stereocenters. The zero-order valence-electron chi connectivity index (χ0n) is 18.2. The summed E-state index contributed by atoms with van der Waals surface area (Å²) in [4.78, 5) is 17.9. The average molecular weight is 440 g/mol. The van der Waals surface area contributed by atoms with Crippen LogP contribution in [-0.4, -0.2) is 39.4 Å². The third-order valence-corrected chi connectivity index (χ3v) is 6.77. The van der Waals surface area contributed by atoms with Gasteiger partial charge in [0, 0.05) is 18.7 Å². The third-order valence-electron chi connectivity index (χ3n) is 5.84. The van der Waals surface area contributed by atoms with Crippen LogP contribution >= 0.6 is 11.3 Å². The lowest BCUT2D eigenvalue weighted by Crippen LogP contribution is -2.45. The molecule has 0 saturated carbocycles. The van der Waals surface area contributed by atoms with Crippen LogP contribution in [0.15, 0.2) is 36.4 Å². The highest BCUT2D eigenvalue weighted by molar-refractivity contribution is 7.18. The van der Waals surface area contributed by atoms with Crippen molar-refractivity contribution in [3.8, 4) is 0 Å².